The lowest BCUT2D eigenvalue weighted by atomic mass is 10.1. The van der Waals surface area contributed by atoms with Gasteiger partial charge in [-0.2, -0.15) is 0 Å². The maximum Gasteiger partial charge on any atom is 0.160 e. The van der Waals surface area contributed by atoms with Crippen molar-refractivity contribution in [1.29, 1.82) is 0 Å². The van der Waals surface area contributed by atoms with E-state index in [2.05, 4.69) is 0 Å². The molecule has 1 rings (SSSR count). The highest BCUT2D eigenvalue weighted by Gasteiger charge is 2.06. The predicted octanol–water partition coefficient (Wildman–Crippen LogP) is 2.21. The smallest absolute Gasteiger partial charge is 0.160 e. The van der Waals surface area contributed by atoms with Crippen LogP contribution in [0.5, 0.6) is 5.75 Å². The highest BCUT2D eigenvalue weighted by Crippen LogP contribution is 2.20. The number of ether oxygens (including phenoxy) is 1. The molecule has 0 aromatic heterocycles. The molecule has 2 heteroatoms. The van der Waals surface area contributed by atoms with Crippen molar-refractivity contribution in [3.63, 3.8) is 0 Å². The lowest BCUT2D eigenvalue weighted by Crippen LogP contribution is -1.97. The molecule has 2 nitrogen and oxygen atoms in total. The van der Waals surface area contributed by atoms with Crippen LogP contribution in [0.3, 0.4) is 0 Å². The number of benzene rings is 1. The topological polar surface area (TPSA) is 26.3 Å². The Kier molecular flexibility index (Phi) is 2.08. The summed E-state index contributed by atoms with van der Waals surface area (Å²) in [4.78, 5) is 11.1. The molecule has 0 saturated carbocycles. The fourth-order valence-electron chi connectivity index (χ4n) is 1.15. The van der Waals surface area contributed by atoms with Crippen molar-refractivity contribution in [2.45, 2.75) is 13.8 Å². The van der Waals surface area contributed by atoms with E-state index < -0.39 is 0 Å². The average Bonchev–Trinajstić information content (AvgIpc) is 2.08. The summed E-state index contributed by atoms with van der Waals surface area (Å²) in [6, 6.07) is 5.28. The van der Waals surface area contributed by atoms with Crippen molar-refractivity contribution in [3.8, 4) is 5.75 Å². The first kappa shape index (κ1) is 7.35. The molecule has 12 heavy (non-hydrogen) atoms. The van der Waals surface area contributed by atoms with Crippen LogP contribution in [0.1, 0.15) is 24.2 Å². The molecular weight excluding hydrogens is 152 g/mol. The number of carbonyl (C=O) groups is 1. The Bertz CT molecular complexity index is 321. The highest BCUT2D eigenvalue weighted by molar-refractivity contribution is 5.96. The second kappa shape index (κ2) is 3.39. The molecule has 0 atom stereocenters. The third kappa shape index (κ3) is 1.47. The van der Waals surface area contributed by atoms with Crippen LogP contribution in [-0.2, 0) is 0 Å². The summed E-state index contributed by atoms with van der Waals surface area (Å²) in [5.74, 6) is 0.635. The Balaban J connectivity index is 3.10. The second-order valence-corrected chi connectivity index (χ2v) is 2.63. The first-order valence-electron chi connectivity index (χ1n) is 4.40. The molecule has 0 amide bonds. The van der Waals surface area contributed by atoms with Crippen LogP contribution in [0.15, 0.2) is 18.2 Å². The summed E-state index contributed by atoms with van der Waals surface area (Å²) >= 11 is 0. The fraction of sp³-hybridized carbons (Fsp3) is 0.300. The quantitative estimate of drug-likeness (QED) is 0.629. The molecule has 1 aromatic carbocycles. The van der Waals surface area contributed by atoms with Crippen LogP contribution >= 0.6 is 0 Å². The van der Waals surface area contributed by atoms with E-state index in [4.69, 9.17) is 6.11 Å². The normalized spacial score (nSPS) is 10.7. The third-order valence-electron chi connectivity index (χ3n) is 1.82. The van der Waals surface area contributed by atoms with Gasteiger partial charge in [-0.15, -0.1) is 0 Å². The van der Waals surface area contributed by atoms with Crippen molar-refractivity contribution < 1.29 is 10.9 Å². The maximum atomic E-state index is 11.1. The lowest BCUT2D eigenvalue weighted by Gasteiger charge is -2.06. The molecule has 0 heterocycles. The molecule has 0 N–H and O–H groups in total. The summed E-state index contributed by atoms with van der Waals surface area (Å²) in [7, 11) is -0.123. The van der Waals surface area contributed by atoms with Crippen LogP contribution in [0.2, 0.25) is 0 Å². The van der Waals surface area contributed by atoms with Crippen molar-refractivity contribution in [2.75, 3.05) is 7.09 Å². The molecule has 0 spiro atoms. The van der Waals surface area contributed by atoms with Gasteiger partial charge in [-0.05, 0) is 19.9 Å². The van der Waals surface area contributed by atoms with Gasteiger partial charge in [-0.1, -0.05) is 12.1 Å². The van der Waals surface area contributed by atoms with Gasteiger partial charge in [-0.3, -0.25) is 4.79 Å². The predicted molar refractivity (Wildman–Crippen MR) is 47.7 cm³/mol. The zero-order valence-corrected chi connectivity index (χ0v) is 7.26. The Morgan fingerprint density at radius 3 is 2.92 bits per heavy atom. The molecule has 0 saturated heterocycles. The minimum atomic E-state index is -0.123. The molecule has 0 radical (unpaired) electrons. The Morgan fingerprint density at radius 1 is 1.58 bits per heavy atom. The van der Waals surface area contributed by atoms with Crippen molar-refractivity contribution in [1.82, 2.24) is 0 Å². The summed E-state index contributed by atoms with van der Waals surface area (Å²) in [5.41, 5.74) is 1.47. The summed E-state index contributed by atoms with van der Waals surface area (Å²) in [6.45, 7) is 3.34. The minimum Gasteiger partial charge on any atom is -0.496 e. The average molecular weight is 166 g/mol. The molecule has 0 aliphatic carbocycles. The number of hydrogen-bond donors (Lipinski definition) is 0. The van der Waals surface area contributed by atoms with Crippen molar-refractivity contribution in [3.05, 3.63) is 29.3 Å². The zero-order chi connectivity index (χ0) is 9.84. The van der Waals surface area contributed by atoms with E-state index in [1.165, 1.54) is 6.92 Å². The maximum absolute atomic E-state index is 11.1. The molecule has 1 aromatic rings. The van der Waals surface area contributed by atoms with E-state index in [0.29, 0.717) is 11.3 Å². The van der Waals surface area contributed by atoms with Gasteiger partial charge < -0.3 is 4.74 Å². The van der Waals surface area contributed by atoms with E-state index in [-0.39, 0.29) is 12.9 Å². The number of Topliss-reactive ketones (excluding diaryl/α,β-unsaturated/α-hetero) is 1. The van der Waals surface area contributed by atoms with Crippen molar-refractivity contribution >= 4 is 5.78 Å². The number of methoxy groups -OCH3 is 1. The lowest BCUT2D eigenvalue weighted by molar-refractivity contribution is 0.101. The molecule has 0 aliphatic heterocycles. The van der Waals surface area contributed by atoms with Crippen molar-refractivity contribution in [2.24, 2.45) is 0 Å². The standard InChI is InChI=1S/C10H12O2/c1-7-9(8(2)11)5-4-6-10(7)12-3/h4-6H,1-3H3/i3T. The highest BCUT2D eigenvalue weighted by atomic mass is 16.5. The summed E-state index contributed by atoms with van der Waals surface area (Å²) < 4.78 is 11.9. The first-order chi connectivity index (χ1) is 6.16. The van der Waals surface area contributed by atoms with E-state index in [1.807, 2.05) is 6.92 Å². The van der Waals surface area contributed by atoms with E-state index in [0.717, 1.165) is 5.56 Å². The van der Waals surface area contributed by atoms with E-state index in [1.54, 1.807) is 18.2 Å². The Labute approximate surface area is 73.6 Å². The van der Waals surface area contributed by atoms with Gasteiger partial charge in [0, 0.05) is 11.1 Å². The monoisotopic (exact) mass is 166 g/mol. The minimum absolute atomic E-state index is 0.0212. The fourth-order valence-corrected chi connectivity index (χ4v) is 1.15. The zero-order valence-electron chi connectivity index (χ0n) is 8.26. The van der Waals surface area contributed by atoms with E-state index in [9.17, 15) is 4.79 Å². The van der Waals surface area contributed by atoms with Crippen LogP contribution in [0.25, 0.3) is 0 Å². The second-order valence-electron chi connectivity index (χ2n) is 2.63. The summed E-state index contributed by atoms with van der Waals surface area (Å²) in [5, 5.41) is 0. The van der Waals surface area contributed by atoms with Gasteiger partial charge >= 0.3 is 0 Å². The number of ketones is 1. The Hall–Kier alpha value is -1.31. The van der Waals surface area contributed by atoms with Crippen LogP contribution in [0, 0.1) is 6.92 Å². The third-order valence-corrected chi connectivity index (χ3v) is 1.82. The van der Waals surface area contributed by atoms with Gasteiger partial charge in [0.2, 0.25) is 0 Å². The number of rotatable bonds is 2. The first-order valence-corrected chi connectivity index (χ1v) is 3.69. The largest absolute Gasteiger partial charge is 0.496 e. The molecule has 0 fully saturated rings. The molecular formula is C10H12O2. The molecule has 0 unspecified atom stereocenters. The van der Waals surface area contributed by atoms with Gasteiger partial charge in [0.15, 0.2) is 5.78 Å². The number of hydrogen-bond acceptors (Lipinski definition) is 2. The van der Waals surface area contributed by atoms with Crippen LogP contribution in [-0.4, -0.2) is 12.9 Å². The van der Waals surface area contributed by atoms with Gasteiger partial charge in [0.25, 0.3) is 0 Å². The van der Waals surface area contributed by atoms with Gasteiger partial charge in [0.05, 0.1) is 8.46 Å². The molecule has 64 valence electrons. The van der Waals surface area contributed by atoms with Crippen LogP contribution in [0.4, 0.5) is 0 Å². The number of carbonyl (C=O) groups excluding carboxylic acids is 1. The van der Waals surface area contributed by atoms with Gasteiger partial charge in [-0.25, -0.2) is 0 Å². The molecule has 0 bridgehead atoms. The van der Waals surface area contributed by atoms with E-state index >= 15 is 0 Å². The molecule has 0 aliphatic rings. The summed E-state index contributed by atoms with van der Waals surface area (Å²) in [6.07, 6.45) is 0. The SMILES string of the molecule is [3H]COc1cccc(C(C)=O)c1C. The van der Waals surface area contributed by atoms with Crippen LogP contribution < -0.4 is 4.74 Å². The van der Waals surface area contributed by atoms with Gasteiger partial charge in [0.1, 0.15) is 5.75 Å². The Morgan fingerprint density at radius 2 is 2.33 bits per heavy atom.